The monoisotopic (exact) mass is 284 g/mol. The molecule has 20 heavy (non-hydrogen) atoms. The van der Waals surface area contributed by atoms with Gasteiger partial charge in [-0.25, -0.2) is 9.57 Å². The summed E-state index contributed by atoms with van der Waals surface area (Å²) in [6.07, 6.45) is -4.34. The van der Waals surface area contributed by atoms with Crippen molar-refractivity contribution in [2.45, 2.75) is 24.5 Å². The molecular weight excluding hydrogens is 270 g/mol. The van der Waals surface area contributed by atoms with Crippen LogP contribution in [0.2, 0.25) is 0 Å². The largest absolute Gasteiger partial charge is 0.394 e. The molecule has 108 valence electrons. The van der Waals surface area contributed by atoms with Gasteiger partial charge in [-0.15, -0.1) is 0 Å². The summed E-state index contributed by atoms with van der Waals surface area (Å²) in [6.45, 7) is -0.390. The van der Waals surface area contributed by atoms with Crippen molar-refractivity contribution >= 4 is 5.95 Å². The van der Waals surface area contributed by atoms with Crippen molar-refractivity contribution in [3.05, 3.63) is 21.2 Å². The summed E-state index contributed by atoms with van der Waals surface area (Å²) in [5, 5.41) is 28.9. The molecule has 1 fully saturated rings. The van der Waals surface area contributed by atoms with E-state index in [0.717, 1.165) is 0 Å². The minimum Gasteiger partial charge on any atom is -0.394 e. The molecule has 10 heteroatoms. The molecule has 1 aromatic rings. The lowest BCUT2D eigenvalue weighted by Crippen LogP contribution is -2.52. The van der Waals surface area contributed by atoms with Gasteiger partial charge in [-0.1, -0.05) is 0 Å². The van der Waals surface area contributed by atoms with Crippen LogP contribution >= 0.6 is 0 Å². The normalized spacial score (nSPS) is 32.2. The van der Waals surface area contributed by atoms with E-state index in [1.807, 2.05) is 0 Å². The van der Waals surface area contributed by atoms with Gasteiger partial charge in [-0.3, -0.25) is 9.78 Å². The number of nitrogens with zero attached hydrogens (tertiary/aromatic N) is 3. The summed E-state index contributed by atoms with van der Waals surface area (Å²) in [5.41, 5.74) is 5.18. The maximum Gasteiger partial charge on any atom is 0.357 e. The van der Waals surface area contributed by atoms with Crippen LogP contribution in [0.4, 0.5) is 5.95 Å². The molecule has 10 nitrogen and oxygen atoms in total. The number of hydrogen-bond donors (Lipinski definition) is 5. The third kappa shape index (κ3) is 1.81. The van der Waals surface area contributed by atoms with E-state index >= 15 is 0 Å². The highest BCUT2D eigenvalue weighted by Gasteiger charge is 2.47. The van der Waals surface area contributed by atoms with Gasteiger partial charge in [-0.05, 0) is 4.98 Å². The van der Waals surface area contributed by atoms with Crippen LogP contribution in [0.25, 0.3) is 0 Å². The molecule has 0 saturated carbocycles. The number of fused-ring (bicyclic) bond motifs is 1. The average Bonchev–Trinajstić information content (AvgIpc) is 2.93. The molecule has 1 aromatic heterocycles. The van der Waals surface area contributed by atoms with Gasteiger partial charge >= 0.3 is 11.4 Å². The number of anilines is 1. The minimum absolute atomic E-state index is 0.0431. The highest BCUT2D eigenvalue weighted by Crippen LogP contribution is 2.20. The standard InChI is InChI=1S/C10H13N5O5/c11-10-13-7-4(8(19)14-10)12-2-15(7)9-6(18)5(17)3(1-16)20-9/h3,5-6,9,16-18H,1-2H2,(H2,11,14,19)/p+1/t3-,5-,6-,9-/m1/s1. The molecule has 0 amide bonds. The number of H-pyrrole nitrogens is 1. The van der Waals surface area contributed by atoms with Crippen molar-refractivity contribution in [3.8, 4) is 0 Å². The zero-order chi connectivity index (χ0) is 14.4. The second-order valence-electron chi connectivity index (χ2n) is 4.62. The number of aliphatic hydroxyl groups excluding tert-OH is 3. The van der Waals surface area contributed by atoms with Gasteiger partial charge in [0.05, 0.1) is 6.61 Å². The van der Waals surface area contributed by atoms with Crippen molar-refractivity contribution in [1.29, 1.82) is 0 Å². The highest BCUT2D eigenvalue weighted by molar-refractivity contribution is 5.12. The number of nitrogens with two attached hydrogens (primary N) is 1. The third-order valence-electron chi connectivity index (χ3n) is 3.37. The molecule has 2 aliphatic heterocycles. The van der Waals surface area contributed by atoms with Gasteiger partial charge in [0.15, 0.2) is 6.67 Å². The van der Waals surface area contributed by atoms with Gasteiger partial charge in [0.25, 0.3) is 5.56 Å². The second kappa shape index (κ2) is 4.59. The number of ether oxygens (including phenoxy) is 1. The Kier molecular flexibility index (Phi) is 3.01. The first-order valence-corrected chi connectivity index (χ1v) is 5.99. The summed E-state index contributed by atoms with van der Waals surface area (Å²) >= 11 is 0. The number of hydrogen-bond acceptors (Lipinski definition) is 8. The molecular formula is C10H14N5O5+. The molecule has 0 unspecified atom stereocenters. The van der Waals surface area contributed by atoms with Crippen LogP contribution in [-0.4, -0.2) is 63.1 Å². The van der Waals surface area contributed by atoms with Gasteiger partial charge in [0, 0.05) is 0 Å². The van der Waals surface area contributed by atoms with Crippen LogP contribution in [0.15, 0.2) is 9.79 Å². The third-order valence-corrected chi connectivity index (χ3v) is 3.37. The molecule has 0 aromatic carbocycles. The average molecular weight is 284 g/mol. The minimum atomic E-state index is -1.25. The summed E-state index contributed by atoms with van der Waals surface area (Å²) in [5.74, 6) is -0.0809. The van der Waals surface area contributed by atoms with Crippen LogP contribution in [0.5, 0.6) is 0 Å². The first-order valence-electron chi connectivity index (χ1n) is 5.99. The molecule has 3 heterocycles. The molecule has 2 aliphatic rings. The van der Waals surface area contributed by atoms with Crippen LogP contribution in [0.3, 0.4) is 0 Å². The Morgan fingerprint density at radius 2 is 2.20 bits per heavy atom. The summed E-state index contributed by atoms with van der Waals surface area (Å²) in [7, 11) is 0. The molecule has 4 atom stereocenters. The van der Waals surface area contributed by atoms with E-state index in [4.69, 9.17) is 15.6 Å². The van der Waals surface area contributed by atoms with E-state index in [0.29, 0.717) is 0 Å². The Bertz CT molecular complexity index is 716. The van der Waals surface area contributed by atoms with Crippen molar-refractivity contribution in [1.82, 2.24) is 14.5 Å². The predicted octanol–water partition coefficient (Wildman–Crippen LogP) is -5.13. The number of aromatic nitrogens is 2. The zero-order valence-corrected chi connectivity index (χ0v) is 10.3. The maximum atomic E-state index is 11.7. The summed E-state index contributed by atoms with van der Waals surface area (Å²) < 4.78 is 6.80. The number of aromatic amines is 1. The number of aliphatic hydroxyl groups is 3. The fourth-order valence-corrected chi connectivity index (χ4v) is 2.37. The van der Waals surface area contributed by atoms with E-state index in [1.54, 1.807) is 0 Å². The lowest BCUT2D eigenvalue weighted by molar-refractivity contribution is -0.0427. The van der Waals surface area contributed by atoms with E-state index in [1.165, 1.54) is 4.58 Å². The molecule has 3 rings (SSSR count). The van der Waals surface area contributed by atoms with Crippen molar-refractivity contribution in [2.24, 2.45) is 4.99 Å². The van der Waals surface area contributed by atoms with Crippen LogP contribution in [0, 0.1) is 0 Å². The van der Waals surface area contributed by atoms with Crippen LogP contribution in [-0.2, 0) is 4.74 Å². The fraction of sp³-hybridized carbons (Fsp3) is 0.600. The molecule has 1 saturated heterocycles. The topological polar surface area (TPSA) is 157 Å². The van der Waals surface area contributed by atoms with E-state index in [-0.39, 0.29) is 23.5 Å². The van der Waals surface area contributed by atoms with Crippen LogP contribution in [0.1, 0.15) is 0 Å². The summed E-state index contributed by atoms with van der Waals surface area (Å²) in [4.78, 5) is 22.0. The Morgan fingerprint density at radius 3 is 2.85 bits per heavy atom. The molecule has 0 aliphatic carbocycles. The number of rotatable bonds is 2. The Hall–Kier alpha value is -1.88. The second-order valence-corrected chi connectivity index (χ2v) is 4.62. The molecule has 6 N–H and O–H groups in total. The first kappa shape index (κ1) is 13.1. The molecule has 0 spiro atoms. The predicted molar refractivity (Wildman–Crippen MR) is 63.9 cm³/mol. The summed E-state index contributed by atoms with van der Waals surface area (Å²) in [6, 6.07) is 0. The highest BCUT2D eigenvalue weighted by atomic mass is 16.6. The fourth-order valence-electron chi connectivity index (χ4n) is 2.37. The zero-order valence-electron chi connectivity index (χ0n) is 10.3. The SMILES string of the molecule is Nc1nc2c(c(=O)[nH]1)=NC[N+]=2[C@@H]1O[C@H](CO)[C@@H](O)[C@H]1O. The van der Waals surface area contributed by atoms with Gasteiger partial charge in [0.1, 0.15) is 18.3 Å². The molecule has 0 bridgehead atoms. The Labute approximate surface area is 111 Å². The van der Waals surface area contributed by atoms with E-state index in [2.05, 4.69) is 15.0 Å². The van der Waals surface area contributed by atoms with E-state index in [9.17, 15) is 15.0 Å². The van der Waals surface area contributed by atoms with Gasteiger partial charge in [0.2, 0.25) is 11.6 Å². The number of nitrogens with one attached hydrogen (secondary N) is 1. The van der Waals surface area contributed by atoms with Crippen molar-refractivity contribution in [2.75, 3.05) is 19.0 Å². The maximum absolute atomic E-state index is 11.7. The van der Waals surface area contributed by atoms with E-state index < -0.39 is 36.7 Å². The molecule has 0 radical (unpaired) electrons. The Balaban J connectivity index is 2.12. The quantitative estimate of drug-likeness (QED) is 0.340. The van der Waals surface area contributed by atoms with Crippen LogP contribution < -0.4 is 26.7 Å². The smallest absolute Gasteiger partial charge is 0.357 e. The Morgan fingerprint density at radius 1 is 1.45 bits per heavy atom. The van der Waals surface area contributed by atoms with Crippen molar-refractivity contribution in [3.63, 3.8) is 0 Å². The van der Waals surface area contributed by atoms with Crippen molar-refractivity contribution < 1.29 is 20.1 Å². The first-order chi connectivity index (χ1) is 9.52. The number of nitrogen functional groups attached to an aromatic ring is 1. The van der Waals surface area contributed by atoms with Gasteiger partial charge < -0.3 is 25.8 Å². The lowest BCUT2D eigenvalue weighted by atomic mass is 10.1. The lowest BCUT2D eigenvalue weighted by Gasteiger charge is -2.13. The van der Waals surface area contributed by atoms with Gasteiger partial charge in [-0.2, -0.15) is 0 Å².